The van der Waals surface area contributed by atoms with Gasteiger partial charge >= 0.3 is 5.97 Å². The molecule has 1 aromatic rings. The Hall–Kier alpha value is -1.35. The molecule has 0 amide bonds. The average molecular weight is 261 g/mol. The van der Waals surface area contributed by atoms with Crippen molar-refractivity contribution in [1.82, 2.24) is 4.90 Å². The van der Waals surface area contributed by atoms with Crippen LogP contribution in [0.15, 0.2) is 24.3 Å². The molecular weight excluding hydrogens is 238 g/mol. The molecule has 0 aromatic heterocycles. The molecule has 0 radical (unpaired) electrons. The number of nitrogens with zero attached hydrogens (tertiary/aromatic N) is 1. The van der Waals surface area contributed by atoms with Crippen molar-refractivity contribution in [2.24, 2.45) is 5.92 Å². The molecule has 1 N–H and O–H groups in total. The molecule has 0 bridgehead atoms. The van der Waals surface area contributed by atoms with Crippen molar-refractivity contribution in [3.63, 3.8) is 0 Å². The molecule has 1 aliphatic heterocycles. The van der Waals surface area contributed by atoms with Gasteiger partial charge in [0.1, 0.15) is 0 Å². The van der Waals surface area contributed by atoms with Crippen LogP contribution < -0.4 is 0 Å². The summed E-state index contributed by atoms with van der Waals surface area (Å²) < 4.78 is 0. The minimum atomic E-state index is -0.852. The fraction of sp³-hybridized carbons (Fsp3) is 0.562. The first-order valence-electron chi connectivity index (χ1n) is 7.15. The number of hydrogen-bond acceptors (Lipinski definition) is 2. The highest BCUT2D eigenvalue weighted by molar-refractivity contribution is 5.87. The molecule has 0 saturated carbocycles. The lowest BCUT2D eigenvalue weighted by Crippen LogP contribution is -2.25. The molecule has 1 unspecified atom stereocenters. The van der Waals surface area contributed by atoms with Crippen LogP contribution in [-0.4, -0.2) is 29.1 Å². The molecule has 1 fully saturated rings. The van der Waals surface area contributed by atoms with E-state index >= 15 is 0 Å². The number of carboxylic acids is 1. The molecule has 3 nitrogen and oxygen atoms in total. The Morgan fingerprint density at radius 3 is 2.63 bits per heavy atom. The molecule has 1 aliphatic rings. The molecule has 3 heteroatoms. The summed E-state index contributed by atoms with van der Waals surface area (Å²) in [6, 6.07) is 7.86. The quantitative estimate of drug-likeness (QED) is 0.881. The van der Waals surface area contributed by atoms with E-state index in [0.717, 1.165) is 19.0 Å². The number of carbonyl (C=O) groups is 1. The number of benzene rings is 1. The molecule has 1 atom stereocenters. The minimum Gasteiger partial charge on any atom is -0.478 e. The van der Waals surface area contributed by atoms with E-state index in [-0.39, 0.29) is 0 Å². The first-order chi connectivity index (χ1) is 9.08. The third-order valence-electron chi connectivity index (χ3n) is 3.90. The van der Waals surface area contributed by atoms with E-state index in [1.54, 1.807) is 12.1 Å². The van der Waals surface area contributed by atoms with Crippen LogP contribution in [0.1, 0.15) is 55.1 Å². The standard InChI is InChI=1S/C16H23NO2/c1-12(2)9-11-17-10-3-4-15(17)13-5-7-14(8-6-13)16(18)19/h5-8,12,15H,3-4,9-11H2,1-2H3,(H,18,19). The van der Waals surface area contributed by atoms with E-state index in [1.165, 1.54) is 24.8 Å². The van der Waals surface area contributed by atoms with Crippen LogP contribution >= 0.6 is 0 Å². The Labute approximate surface area is 115 Å². The highest BCUT2D eigenvalue weighted by Gasteiger charge is 2.25. The summed E-state index contributed by atoms with van der Waals surface area (Å²) in [4.78, 5) is 13.4. The van der Waals surface area contributed by atoms with E-state index < -0.39 is 5.97 Å². The van der Waals surface area contributed by atoms with E-state index in [2.05, 4.69) is 18.7 Å². The van der Waals surface area contributed by atoms with E-state index in [4.69, 9.17) is 5.11 Å². The van der Waals surface area contributed by atoms with Crippen LogP contribution in [0.2, 0.25) is 0 Å². The van der Waals surface area contributed by atoms with Crippen molar-refractivity contribution in [3.8, 4) is 0 Å². The largest absolute Gasteiger partial charge is 0.478 e. The predicted octanol–water partition coefficient (Wildman–Crippen LogP) is 3.57. The Morgan fingerprint density at radius 1 is 1.37 bits per heavy atom. The summed E-state index contributed by atoms with van der Waals surface area (Å²) >= 11 is 0. The summed E-state index contributed by atoms with van der Waals surface area (Å²) in [5, 5.41) is 8.93. The lowest BCUT2D eigenvalue weighted by atomic mass is 10.0. The highest BCUT2D eigenvalue weighted by atomic mass is 16.4. The van der Waals surface area contributed by atoms with Crippen LogP contribution in [-0.2, 0) is 0 Å². The smallest absolute Gasteiger partial charge is 0.335 e. The van der Waals surface area contributed by atoms with Crippen LogP contribution in [0, 0.1) is 5.92 Å². The molecule has 2 rings (SSSR count). The lowest BCUT2D eigenvalue weighted by Gasteiger charge is -2.25. The van der Waals surface area contributed by atoms with Crippen LogP contribution in [0.25, 0.3) is 0 Å². The molecule has 19 heavy (non-hydrogen) atoms. The number of likely N-dealkylation sites (tertiary alicyclic amines) is 1. The van der Waals surface area contributed by atoms with Gasteiger partial charge in [-0.15, -0.1) is 0 Å². The third-order valence-corrected chi connectivity index (χ3v) is 3.90. The molecule has 1 aromatic carbocycles. The van der Waals surface area contributed by atoms with Crippen molar-refractivity contribution >= 4 is 5.97 Å². The van der Waals surface area contributed by atoms with Gasteiger partial charge in [0, 0.05) is 6.04 Å². The fourth-order valence-corrected chi connectivity index (χ4v) is 2.74. The van der Waals surface area contributed by atoms with Gasteiger partial charge in [-0.2, -0.15) is 0 Å². The molecular formula is C16H23NO2. The van der Waals surface area contributed by atoms with Gasteiger partial charge in [-0.25, -0.2) is 4.79 Å². The number of carboxylic acid groups (broad SMARTS) is 1. The average Bonchev–Trinajstić information content (AvgIpc) is 2.84. The summed E-state index contributed by atoms with van der Waals surface area (Å²) in [5.74, 6) is -0.120. The van der Waals surface area contributed by atoms with Gasteiger partial charge in [0.25, 0.3) is 0 Å². The summed E-state index contributed by atoms with van der Waals surface area (Å²) in [6.07, 6.45) is 3.65. The predicted molar refractivity (Wildman–Crippen MR) is 76.4 cm³/mol. The summed E-state index contributed by atoms with van der Waals surface area (Å²) in [6.45, 7) is 6.82. The topological polar surface area (TPSA) is 40.5 Å². The lowest BCUT2D eigenvalue weighted by molar-refractivity contribution is 0.0697. The second kappa shape index (κ2) is 6.20. The Bertz CT molecular complexity index is 425. The van der Waals surface area contributed by atoms with Crippen molar-refractivity contribution in [2.45, 2.75) is 39.2 Å². The Kier molecular flexibility index (Phi) is 4.59. The van der Waals surface area contributed by atoms with E-state index in [0.29, 0.717) is 11.6 Å². The van der Waals surface area contributed by atoms with Gasteiger partial charge in [-0.1, -0.05) is 26.0 Å². The summed E-state index contributed by atoms with van der Waals surface area (Å²) in [5.41, 5.74) is 1.63. The third kappa shape index (κ3) is 3.57. The maximum absolute atomic E-state index is 10.9. The van der Waals surface area contributed by atoms with Crippen molar-refractivity contribution < 1.29 is 9.90 Å². The fourth-order valence-electron chi connectivity index (χ4n) is 2.74. The van der Waals surface area contributed by atoms with E-state index in [1.807, 2.05) is 12.1 Å². The van der Waals surface area contributed by atoms with Crippen molar-refractivity contribution in [3.05, 3.63) is 35.4 Å². The highest BCUT2D eigenvalue weighted by Crippen LogP contribution is 2.32. The zero-order valence-corrected chi connectivity index (χ0v) is 11.8. The van der Waals surface area contributed by atoms with Gasteiger partial charge in [0.05, 0.1) is 5.56 Å². The van der Waals surface area contributed by atoms with Crippen LogP contribution in [0.5, 0.6) is 0 Å². The first-order valence-corrected chi connectivity index (χ1v) is 7.15. The molecule has 104 valence electrons. The monoisotopic (exact) mass is 261 g/mol. The maximum Gasteiger partial charge on any atom is 0.335 e. The van der Waals surface area contributed by atoms with Gasteiger partial charge in [0.2, 0.25) is 0 Å². The van der Waals surface area contributed by atoms with Gasteiger partial charge < -0.3 is 5.11 Å². The molecule has 0 aliphatic carbocycles. The summed E-state index contributed by atoms with van der Waals surface area (Å²) in [7, 11) is 0. The number of aromatic carboxylic acids is 1. The zero-order chi connectivity index (χ0) is 13.8. The Morgan fingerprint density at radius 2 is 2.05 bits per heavy atom. The van der Waals surface area contributed by atoms with Gasteiger partial charge in [0.15, 0.2) is 0 Å². The maximum atomic E-state index is 10.9. The second-order valence-corrected chi connectivity index (χ2v) is 5.80. The molecule has 0 spiro atoms. The number of rotatable bonds is 5. The SMILES string of the molecule is CC(C)CCN1CCCC1c1ccc(C(=O)O)cc1. The first kappa shape index (κ1) is 14.1. The second-order valence-electron chi connectivity index (χ2n) is 5.80. The van der Waals surface area contributed by atoms with E-state index in [9.17, 15) is 4.79 Å². The van der Waals surface area contributed by atoms with Crippen molar-refractivity contribution in [2.75, 3.05) is 13.1 Å². The van der Waals surface area contributed by atoms with Crippen LogP contribution in [0.3, 0.4) is 0 Å². The van der Waals surface area contributed by atoms with Gasteiger partial charge in [-0.05, 0) is 56.0 Å². The Balaban J connectivity index is 2.04. The van der Waals surface area contributed by atoms with Crippen LogP contribution in [0.4, 0.5) is 0 Å². The molecule has 1 saturated heterocycles. The zero-order valence-electron chi connectivity index (χ0n) is 11.8. The molecule has 1 heterocycles. The van der Waals surface area contributed by atoms with Crippen molar-refractivity contribution in [1.29, 1.82) is 0 Å². The minimum absolute atomic E-state index is 0.371. The normalized spacial score (nSPS) is 20.1. The number of hydrogen-bond donors (Lipinski definition) is 1. The van der Waals surface area contributed by atoms with Gasteiger partial charge in [-0.3, -0.25) is 4.90 Å².